The number of aliphatic carboxylic acids is 2. The Balaban J connectivity index is 0.000000675. The summed E-state index contributed by atoms with van der Waals surface area (Å²) in [6, 6.07) is 9.11. The maximum Gasteiger partial charge on any atom is 0.490 e. The molecule has 0 radical (unpaired) electrons. The van der Waals surface area contributed by atoms with Gasteiger partial charge in [0.15, 0.2) is 0 Å². The minimum Gasteiger partial charge on any atom is -0.481 e. The summed E-state index contributed by atoms with van der Waals surface area (Å²) in [5, 5.41) is 18.5. The maximum absolute atomic E-state index is 12.3. The van der Waals surface area contributed by atoms with E-state index in [4.69, 9.17) is 19.7 Å². The molecular weight excluding hydrogens is 489 g/mol. The zero-order chi connectivity index (χ0) is 24.9. The summed E-state index contributed by atoms with van der Waals surface area (Å²) < 4.78 is 36.7. The molecule has 1 aliphatic heterocycles. The molecule has 1 fully saturated rings. The Morgan fingerprint density at radius 2 is 1.73 bits per heavy atom. The van der Waals surface area contributed by atoms with Crippen molar-refractivity contribution in [2.75, 3.05) is 31.2 Å². The van der Waals surface area contributed by atoms with Crippen LogP contribution in [0.4, 0.5) is 18.0 Å². The number of carboxylic acid groups (broad SMARTS) is 2. The average Bonchev–Trinajstić information content (AvgIpc) is 3.17. The fourth-order valence-electron chi connectivity index (χ4n) is 2.50. The zero-order valence-corrected chi connectivity index (χ0v) is 18.9. The molecule has 184 valence electrons. The number of carbonyl (C=O) groups excluding carboxylic acids is 2. The fourth-order valence-corrected chi connectivity index (χ4v) is 4.38. The molecule has 1 aromatic rings. The lowest BCUT2D eigenvalue weighted by Gasteiger charge is -2.25. The lowest BCUT2D eigenvalue weighted by atomic mass is 10.0. The minimum atomic E-state index is -5.08. The predicted octanol–water partition coefficient (Wildman–Crippen LogP) is 3.18. The molecule has 1 heterocycles. The SMILES string of the molecule is O=C(O)C(F)(F)F.O=C(O)CCSSCCNC(=O)CC(c1ccccc1)N1CCOC1=O. The summed E-state index contributed by atoms with van der Waals surface area (Å²) >= 11 is 0. The number of hydrogen-bond acceptors (Lipinski definition) is 7. The monoisotopic (exact) mass is 512 g/mol. The first-order chi connectivity index (χ1) is 15.5. The van der Waals surface area contributed by atoms with Crippen molar-refractivity contribution in [3.8, 4) is 0 Å². The highest BCUT2D eigenvalue weighted by Crippen LogP contribution is 2.27. The number of ether oxygens (including phenoxy) is 1. The number of amides is 2. The minimum absolute atomic E-state index is 0.130. The van der Waals surface area contributed by atoms with E-state index in [0.29, 0.717) is 31.2 Å². The van der Waals surface area contributed by atoms with E-state index in [1.54, 1.807) is 4.90 Å². The van der Waals surface area contributed by atoms with Gasteiger partial charge in [-0.1, -0.05) is 51.9 Å². The number of cyclic esters (lactones) is 1. The number of hydrogen-bond donors (Lipinski definition) is 3. The number of nitrogens with zero attached hydrogens (tertiary/aromatic N) is 1. The Kier molecular flexibility index (Phi) is 12.5. The van der Waals surface area contributed by atoms with Crippen molar-refractivity contribution in [2.24, 2.45) is 0 Å². The van der Waals surface area contributed by atoms with E-state index in [0.717, 1.165) is 5.56 Å². The summed E-state index contributed by atoms with van der Waals surface area (Å²) in [5.74, 6) is -2.46. The summed E-state index contributed by atoms with van der Waals surface area (Å²) in [6.45, 7) is 1.31. The third kappa shape index (κ3) is 11.7. The first-order valence-electron chi connectivity index (χ1n) is 9.53. The molecule has 14 heteroatoms. The number of carboxylic acids is 2. The standard InChI is InChI=1S/C17H22N2O5S2.C2HF3O2/c20-15(18-7-11-26-25-10-6-16(21)22)12-14(13-4-2-1-3-5-13)19-8-9-24-17(19)23;3-2(4,5)1(6)7/h1-5,14H,6-12H2,(H,18,20)(H,21,22);(H,6,7). The molecule has 2 amide bonds. The maximum atomic E-state index is 12.3. The van der Waals surface area contributed by atoms with Gasteiger partial charge in [-0.05, 0) is 5.56 Å². The molecule has 0 saturated carbocycles. The summed E-state index contributed by atoms with van der Waals surface area (Å²) in [7, 11) is 3.01. The number of benzene rings is 1. The second-order valence-corrected chi connectivity index (χ2v) is 9.08. The molecular formula is C19H23F3N2O7S2. The van der Waals surface area contributed by atoms with E-state index in [1.165, 1.54) is 21.6 Å². The van der Waals surface area contributed by atoms with Crippen molar-refractivity contribution in [1.82, 2.24) is 10.2 Å². The van der Waals surface area contributed by atoms with Gasteiger partial charge in [-0.3, -0.25) is 14.5 Å². The van der Waals surface area contributed by atoms with Crippen LogP contribution in [0.15, 0.2) is 30.3 Å². The van der Waals surface area contributed by atoms with Crippen molar-refractivity contribution >= 4 is 45.5 Å². The van der Waals surface area contributed by atoms with Crippen LogP contribution in [0.25, 0.3) is 0 Å². The van der Waals surface area contributed by atoms with Gasteiger partial charge in [0.05, 0.1) is 25.4 Å². The fraction of sp³-hybridized carbons (Fsp3) is 0.474. The highest BCUT2D eigenvalue weighted by molar-refractivity contribution is 8.76. The lowest BCUT2D eigenvalue weighted by Crippen LogP contribution is -2.35. The van der Waals surface area contributed by atoms with Gasteiger partial charge in [-0.25, -0.2) is 9.59 Å². The largest absolute Gasteiger partial charge is 0.490 e. The van der Waals surface area contributed by atoms with Crippen molar-refractivity contribution in [3.63, 3.8) is 0 Å². The van der Waals surface area contributed by atoms with Crippen molar-refractivity contribution in [3.05, 3.63) is 35.9 Å². The number of alkyl halides is 3. The molecule has 1 unspecified atom stereocenters. The van der Waals surface area contributed by atoms with Crippen LogP contribution in [0.1, 0.15) is 24.4 Å². The van der Waals surface area contributed by atoms with Crippen LogP contribution in [0.3, 0.4) is 0 Å². The Hall–Kier alpha value is -2.61. The van der Waals surface area contributed by atoms with Crippen molar-refractivity contribution < 1.29 is 47.3 Å². The van der Waals surface area contributed by atoms with E-state index in [1.807, 2.05) is 30.3 Å². The third-order valence-corrected chi connectivity index (χ3v) is 6.37. The highest BCUT2D eigenvalue weighted by atomic mass is 33.1. The Morgan fingerprint density at radius 3 is 2.24 bits per heavy atom. The summed E-state index contributed by atoms with van der Waals surface area (Å²) in [5.41, 5.74) is 0.903. The van der Waals surface area contributed by atoms with Crippen LogP contribution in [0.5, 0.6) is 0 Å². The molecule has 9 nitrogen and oxygen atoms in total. The van der Waals surface area contributed by atoms with E-state index < -0.39 is 24.2 Å². The van der Waals surface area contributed by atoms with E-state index in [2.05, 4.69) is 5.32 Å². The van der Waals surface area contributed by atoms with Gasteiger partial charge in [0.1, 0.15) is 6.61 Å². The van der Waals surface area contributed by atoms with Crippen LogP contribution in [-0.2, 0) is 19.1 Å². The Morgan fingerprint density at radius 1 is 1.12 bits per heavy atom. The first-order valence-corrected chi connectivity index (χ1v) is 12.0. The average molecular weight is 513 g/mol. The molecule has 0 aromatic heterocycles. The smallest absolute Gasteiger partial charge is 0.481 e. The first kappa shape index (κ1) is 28.4. The molecule has 0 bridgehead atoms. The van der Waals surface area contributed by atoms with Crippen LogP contribution < -0.4 is 5.32 Å². The number of halogens is 3. The van der Waals surface area contributed by atoms with Crippen molar-refractivity contribution in [2.45, 2.75) is 25.1 Å². The zero-order valence-electron chi connectivity index (χ0n) is 17.2. The molecule has 1 aliphatic rings. The second-order valence-electron chi connectivity index (χ2n) is 6.38. The summed E-state index contributed by atoms with van der Waals surface area (Å²) in [6.07, 6.45) is -5.16. The Bertz CT molecular complexity index is 797. The molecule has 0 spiro atoms. The molecule has 1 atom stereocenters. The van der Waals surface area contributed by atoms with Crippen LogP contribution in [0, 0.1) is 0 Å². The molecule has 0 aliphatic carbocycles. The predicted molar refractivity (Wildman–Crippen MR) is 116 cm³/mol. The van der Waals surface area contributed by atoms with Crippen LogP contribution in [-0.4, -0.2) is 76.4 Å². The normalized spacial score (nSPS) is 14.0. The van der Waals surface area contributed by atoms with Crippen LogP contribution in [0.2, 0.25) is 0 Å². The van der Waals surface area contributed by atoms with Gasteiger partial charge >= 0.3 is 24.2 Å². The quantitative estimate of drug-likeness (QED) is 0.302. The molecule has 2 rings (SSSR count). The van der Waals surface area contributed by atoms with Gasteiger partial charge < -0.3 is 20.3 Å². The van der Waals surface area contributed by atoms with Gasteiger partial charge in [-0.15, -0.1) is 0 Å². The van der Waals surface area contributed by atoms with Crippen molar-refractivity contribution in [1.29, 1.82) is 0 Å². The van der Waals surface area contributed by atoms with Gasteiger partial charge in [-0.2, -0.15) is 13.2 Å². The second kappa shape index (κ2) is 14.5. The highest BCUT2D eigenvalue weighted by Gasteiger charge is 2.38. The van der Waals surface area contributed by atoms with E-state index >= 15 is 0 Å². The van der Waals surface area contributed by atoms with Crippen LogP contribution >= 0.6 is 21.6 Å². The summed E-state index contributed by atoms with van der Waals surface area (Å²) in [4.78, 5) is 45.1. The number of carbonyl (C=O) groups is 4. The topological polar surface area (TPSA) is 133 Å². The molecule has 33 heavy (non-hydrogen) atoms. The lowest BCUT2D eigenvalue weighted by molar-refractivity contribution is -0.192. The van der Waals surface area contributed by atoms with Gasteiger partial charge in [0.25, 0.3) is 0 Å². The third-order valence-electron chi connectivity index (χ3n) is 3.96. The van der Waals surface area contributed by atoms with Gasteiger partial charge in [0, 0.05) is 18.1 Å². The molecule has 1 saturated heterocycles. The van der Waals surface area contributed by atoms with E-state index in [-0.39, 0.29) is 24.8 Å². The number of nitrogens with one attached hydrogen (secondary N) is 1. The number of rotatable bonds is 11. The van der Waals surface area contributed by atoms with E-state index in [9.17, 15) is 27.6 Å². The van der Waals surface area contributed by atoms with Gasteiger partial charge in [0.2, 0.25) is 5.91 Å². The Labute approximate surface area is 195 Å². The molecule has 3 N–H and O–H groups in total. The molecule has 1 aromatic carbocycles.